The van der Waals surface area contributed by atoms with Crippen LogP contribution in [0.15, 0.2) is 84.9 Å². The third-order valence-electron chi connectivity index (χ3n) is 8.58. The average Bonchev–Trinajstić information content (AvgIpc) is 3.01. The third-order valence-corrected chi connectivity index (χ3v) is 8.58. The molecule has 0 aliphatic carbocycles. The summed E-state index contributed by atoms with van der Waals surface area (Å²) in [7, 11) is 3.72. The highest BCUT2D eigenvalue weighted by atomic mass is 16.5. The fourth-order valence-electron chi connectivity index (χ4n) is 5.67. The first-order chi connectivity index (χ1) is 21.8. The quantitative estimate of drug-likeness (QED) is 0.128. The van der Waals surface area contributed by atoms with E-state index in [0.717, 1.165) is 44.9 Å². The second-order valence-corrected chi connectivity index (χ2v) is 14.7. The summed E-state index contributed by atoms with van der Waals surface area (Å²) in [6.07, 6.45) is 0. The number of fused-ring (bicyclic) bond motifs is 2. The SMILES string of the molecule is CC(C)(C)c1cc([B]OCCNc2ccccc2)c2c(c1)C(C)(C)c1cc(C(C)(C)C)cc([B]OCCNc3ccccc3)c1O2. The van der Waals surface area contributed by atoms with Gasteiger partial charge in [0.25, 0.3) is 0 Å². The van der Waals surface area contributed by atoms with Crippen LogP contribution in [0.4, 0.5) is 11.4 Å². The van der Waals surface area contributed by atoms with E-state index < -0.39 is 0 Å². The topological polar surface area (TPSA) is 51.8 Å². The van der Waals surface area contributed by atoms with Gasteiger partial charge >= 0.3 is 15.0 Å². The lowest BCUT2D eigenvalue weighted by molar-refractivity contribution is 0.355. The van der Waals surface area contributed by atoms with Gasteiger partial charge in [0.2, 0.25) is 0 Å². The first-order valence-electron chi connectivity index (χ1n) is 16.4. The van der Waals surface area contributed by atoms with Crippen LogP contribution in [0.3, 0.4) is 0 Å². The molecule has 0 unspecified atom stereocenters. The molecule has 0 saturated heterocycles. The smallest absolute Gasteiger partial charge is 0.333 e. The van der Waals surface area contributed by atoms with Crippen molar-refractivity contribution in [1.29, 1.82) is 0 Å². The van der Waals surface area contributed by atoms with Gasteiger partial charge in [-0.25, -0.2) is 0 Å². The van der Waals surface area contributed by atoms with Gasteiger partial charge in [-0.05, 0) is 57.1 Å². The van der Waals surface area contributed by atoms with Crippen LogP contribution in [-0.4, -0.2) is 41.3 Å². The van der Waals surface area contributed by atoms with E-state index in [1.54, 1.807) is 0 Å². The summed E-state index contributed by atoms with van der Waals surface area (Å²) in [5, 5.41) is 6.84. The highest BCUT2D eigenvalue weighted by Crippen LogP contribution is 2.48. The van der Waals surface area contributed by atoms with Crippen LogP contribution in [0, 0.1) is 0 Å². The van der Waals surface area contributed by atoms with Crippen molar-refractivity contribution in [3.8, 4) is 11.5 Å². The lowest BCUT2D eigenvalue weighted by Crippen LogP contribution is -2.36. The number of hydrogen-bond acceptors (Lipinski definition) is 5. The predicted octanol–water partition coefficient (Wildman–Crippen LogP) is 7.46. The minimum absolute atomic E-state index is 0.0450. The van der Waals surface area contributed by atoms with Gasteiger partial charge in [-0.15, -0.1) is 0 Å². The van der Waals surface area contributed by atoms with E-state index in [2.05, 4.69) is 115 Å². The van der Waals surface area contributed by atoms with E-state index in [-0.39, 0.29) is 16.2 Å². The van der Waals surface area contributed by atoms with E-state index in [1.165, 1.54) is 11.1 Å². The van der Waals surface area contributed by atoms with Crippen molar-refractivity contribution >= 4 is 37.3 Å². The Balaban J connectivity index is 1.42. The van der Waals surface area contributed by atoms with Gasteiger partial charge in [-0.3, -0.25) is 0 Å². The first-order valence-corrected chi connectivity index (χ1v) is 16.4. The first kappa shape index (κ1) is 33.7. The van der Waals surface area contributed by atoms with Crippen LogP contribution >= 0.6 is 0 Å². The molecule has 1 heterocycles. The van der Waals surface area contributed by atoms with Crippen LogP contribution < -0.4 is 26.3 Å². The normalized spacial score (nSPS) is 13.7. The summed E-state index contributed by atoms with van der Waals surface area (Å²) >= 11 is 0. The van der Waals surface area contributed by atoms with Crippen molar-refractivity contribution in [2.75, 3.05) is 36.9 Å². The molecular formula is C39H48B2N2O3. The third kappa shape index (κ3) is 8.00. The molecule has 0 amide bonds. The number of hydrogen-bond donors (Lipinski definition) is 2. The van der Waals surface area contributed by atoms with Crippen LogP contribution in [0.1, 0.15) is 77.6 Å². The molecule has 0 saturated carbocycles. The van der Waals surface area contributed by atoms with Gasteiger partial charge in [0.05, 0.1) is 0 Å². The van der Waals surface area contributed by atoms with Gasteiger partial charge in [0, 0.05) is 54.2 Å². The fourth-order valence-corrected chi connectivity index (χ4v) is 5.67. The number of para-hydroxylation sites is 2. The number of benzene rings is 4. The number of anilines is 2. The molecule has 0 atom stereocenters. The number of ether oxygens (including phenoxy) is 1. The maximum Gasteiger partial charge on any atom is 0.333 e. The van der Waals surface area contributed by atoms with Gasteiger partial charge < -0.3 is 24.7 Å². The molecule has 1 aliphatic heterocycles. The minimum atomic E-state index is -0.319. The van der Waals surface area contributed by atoms with Crippen LogP contribution in [0.5, 0.6) is 11.5 Å². The Morgan fingerprint density at radius 2 is 1.00 bits per heavy atom. The van der Waals surface area contributed by atoms with E-state index in [9.17, 15) is 0 Å². The maximum atomic E-state index is 6.91. The maximum absolute atomic E-state index is 6.91. The summed E-state index contributed by atoms with van der Waals surface area (Å²) in [6.45, 7) is 20.6. The largest absolute Gasteiger partial charge is 0.458 e. The monoisotopic (exact) mass is 614 g/mol. The van der Waals surface area contributed by atoms with Gasteiger partial charge in [0.1, 0.15) is 11.5 Å². The Labute approximate surface area is 278 Å². The van der Waals surface area contributed by atoms with Gasteiger partial charge in [-0.2, -0.15) is 0 Å². The van der Waals surface area contributed by atoms with E-state index in [0.29, 0.717) is 26.3 Å². The molecule has 0 bridgehead atoms. The summed E-state index contributed by atoms with van der Waals surface area (Å²) in [5.74, 6) is 1.68. The molecule has 238 valence electrons. The zero-order valence-corrected chi connectivity index (χ0v) is 28.8. The van der Waals surface area contributed by atoms with Crippen molar-refractivity contribution < 1.29 is 14.0 Å². The zero-order chi connectivity index (χ0) is 33.0. The van der Waals surface area contributed by atoms with Gasteiger partial charge in [0.15, 0.2) is 0 Å². The minimum Gasteiger partial charge on any atom is -0.458 e. The standard InChI is InChI=1S/C39H48B2N2O3/c1-37(2,3)27-23-31-35(33(25-27)40-44-21-19-42-29-15-11-9-12-16-29)46-36-32(39(31,7)8)24-28(38(4,5)6)26-34(36)41-45-22-20-43-30-17-13-10-14-18-30/h9-18,23-26,42-43H,19-22H2,1-8H3. The fraction of sp³-hybridized carbons (Fsp3) is 0.385. The van der Waals surface area contributed by atoms with Crippen LogP contribution in [-0.2, 0) is 25.6 Å². The van der Waals surface area contributed by atoms with E-state index >= 15 is 0 Å². The Bertz CT molecular complexity index is 1490. The molecule has 2 radical (unpaired) electrons. The molecule has 1 aliphatic rings. The molecule has 5 rings (SSSR count). The Hall–Kier alpha value is -3.67. The van der Waals surface area contributed by atoms with Crippen molar-refractivity contribution in [1.82, 2.24) is 0 Å². The molecule has 0 spiro atoms. The molecule has 5 nitrogen and oxygen atoms in total. The zero-order valence-electron chi connectivity index (χ0n) is 28.8. The Morgan fingerprint density at radius 1 is 0.609 bits per heavy atom. The predicted molar refractivity (Wildman–Crippen MR) is 195 cm³/mol. The number of rotatable bonds is 12. The summed E-state index contributed by atoms with van der Waals surface area (Å²) < 4.78 is 19.2. The summed E-state index contributed by atoms with van der Waals surface area (Å²) in [5.41, 5.74) is 8.46. The van der Waals surface area contributed by atoms with Crippen molar-refractivity contribution in [2.24, 2.45) is 0 Å². The molecular weight excluding hydrogens is 566 g/mol. The van der Waals surface area contributed by atoms with E-state index in [4.69, 9.17) is 14.0 Å². The van der Waals surface area contributed by atoms with Crippen molar-refractivity contribution in [2.45, 2.75) is 71.6 Å². The highest BCUT2D eigenvalue weighted by Gasteiger charge is 2.39. The second-order valence-electron chi connectivity index (χ2n) is 14.7. The highest BCUT2D eigenvalue weighted by molar-refractivity contribution is 6.49. The lowest BCUT2D eigenvalue weighted by Gasteiger charge is -2.39. The van der Waals surface area contributed by atoms with Gasteiger partial charge in [-0.1, -0.05) is 116 Å². The molecule has 7 heteroatoms. The van der Waals surface area contributed by atoms with Crippen molar-refractivity contribution in [3.05, 3.63) is 107 Å². The molecule has 0 fully saturated rings. The van der Waals surface area contributed by atoms with Crippen molar-refractivity contribution in [3.63, 3.8) is 0 Å². The second kappa shape index (κ2) is 14.0. The van der Waals surface area contributed by atoms with E-state index in [1.807, 2.05) is 51.4 Å². The molecule has 0 aromatic heterocycles. The molecule has 4 aromatic carbocycles. The lowest BCUT2D eigenvalue weighted by atomic mass is 9.67. The summed E-state index contributed by atoms with van der Waals surface area (Å²) in [6, 6.07) is 29.5. The van der Waals surface area contributed by atoms with Crippen LogP contribution in [0.25, 0.3) is 0 Å². The summed E-state index contributed by atoms with van der Waals surface area (Å²) in [4.78, 5) is 0. The Kier molecular flexibility index (Phi) is 10.2. The average molecular weight is 614 g/mol. The molecule has 2 N–H and O–H groups in total. The molecule has 4 aromatic rings. The molecule has 46 heavy (non-hydrogen) atoms. The number of nitrogens with one attached hydrogen (secondary N) is 2. The Morgan fingerprint density at radius 3 is 1.37 bits per heavy atom. The van der Waals surface area contributed by atoms with Crippen LogP contribution in [0.2, 0.25) is 0 Å².